The van der Waals surface area contributed by atoms with Crippen LogP contribution in [-0.4, -0.2) is 34.8 Å². The van der Waals surface area contributed by atoms with Crippen LogP contribution in [0.4, 0.5) is 0 Å². The molecule has 0 bridgehead atoms. The van der Waals surface area contributed by atoms with Crippen LogP contribution in [0.15, 0.2) is 34.9 Å². The van der Waals surface area contributed by atoms with E-state index in [0.717, 1.165) is 30.6 Å². The van der Waals surface area contributed by atoms with Crippen molar-refractivity contribution >= 4 is 23.4 Å². The Morgan fingerprint density at radius 1 is 1.31 bits per heavy atom. The standard InChI is InChI=1S/C19H22ClN3O3/c1-13(24)21-12-18(25)23-9-3-2-4-17(23)19-22-11-16(26-19)10-14-5-7-15(20)8-6-14/h5-8,11,17H,2-4,9-10,12H2,1H3,(H,21,24)/t17-/m1/s1. The number of hydrogen-bond acceptors (Lipinski definition) is 4. The summed E-state index contributed by atoms with van der Waals surface area (Å²) in [7, 11) is 0. The number of rotatable bonds is 5. The minimum atomic E-state index is -0.215. The predicted molar refractivity (Wildman–Crippen MR) is 97.7 cm³/mol. The first-order chi connectivity index (χ1) is 12.5. The second-order valence-electron chi connectivity index (χ2n) is 6.48. The zero-order valence-corrected chi connectivity index (χ0v) is 15.5. The third kappa shape index (κ3) is 4.64. The molecule has 1 aromatic carbocycles. The van der Waals surface area contributed by atoms with Gasteiger partial charge in [0.05, 0.1) is 12.7 Å². The molecule has 3 rings (SSSR count). The van der Waals surface area contributed by atoms with Crippen molar-refractivity contribution in [1.82, 2.24) is 15.2 Å². The summed E-state index contributed by atoms with van der Waals surface area (Å²) in [6.45, 7) is 2.06. The fourth-order valence-electron chi connectivity index (χ4n) is 3.15. The summed E-state index contributed by atoms with van der Waals surface area (Å²) in [5, 5.41) is 3.26. The fraction of sp³-hybridized carbons (Fsp3) is 0.421. The van der Waals surface area contributed by atoms with Crippen LogP contribution in [0.25, 0.3) is 0 Å². The molecule has 138 valence electrons. The Labute approximate surface area is 157 Å². The maximum absolute atomic E-state index is 12.4. The SMILES string of the molecule is CC(=O)NCC(=O)N1CCCC[C@@H]1c1ncc(Cc2ccc(Cl)cc2)o1. The Bertz CT molecular complexity index is 773. The first-order valence-corrected chi connectivity index (χ1v) is 9.13. The molecule has 2 heterocycles. The molecule has 26 heavy (non-hydrogen) atoms. The number of carbonyl (C=O) groups excluding carboxylic acids is 2. The van der Waals surface area contributed by atoms with E-state index in [9.17, 15) is 9.59 Å². The lowest BCUT2D eigenvalue weighted by atomic mass is 10.0. The Hall–Kier alpha value is -2.34. The van der Waals surface area contributed by atoms with Crippen molar-refractivity contribution in [2.45, 2.75) is 38.6 Å². The Morgan fingerprint density at radius 3 is 2.81 bits per heavy atom. The number of benzene rings is 1. The monoisotopic (exact) mass is 375 g/mol. The zero-order chi connectivity index (χ0) is 18.5. The molecule has 1 saturated heterocycles. The van der Waals surface area contributed by atoms with E-state index in [1.165, 1.54) is 6.92 Å². The van der Waals surface area contributed by atoms with Crippen LogP contribution in [0.3, 0.4) is 0 Å². The van der Waals surface area contributed by atoms with Crippen molar-refractivity contribution < 1.29 is 14.0 Å². The molecule has 1 aliphatic heterocycles. The molecule has 0 saturated carbocycles. The second kappa shape index (κ2) is 8.36. The first kappa shape index (κ1) is 18.5. The average molecular weight is 376 g/mol. The lowest BCUT2D eigenvalue weighted by molar-refractivity contribution is -0.136. The lowest BCUT2D eigenvalue weighted by Gasteiger charge is -2.33. The van der Waals surface area contributed by atoms with Crippen molar-refractivity contribution in [3.8, 4) is 0 Å². The summed E-state index contributed by atoms with van der Waals surface area (Å²) in [5.74, 6) is 0.989. The second-order valence-corrected chi connectivity index (χ2v) is 6.91. The van der Waals surface area contributed by atoms with Gasteiger partial charge in [0.15, 0.2) is 0 Å². The molecule has 1 atom stereocenters. The highest BCUT2D eigenvalue weighted by atomic mass is 35.5. The molecule has 7 heteroatoms. The molecular weight excluding hydrogens is 354 g/mol. The van der Waals surface area contributed by atoms with Crippen molar-refractivity contribution in [3.05, 3.63) is 52.7 Å². The molecular formula is C19H22ClN3O3. The van der Waals surface area contributed by atoms with Gasteiger partial charge in [-0.2, -0.15) is 0 Å². The Morgan fingerprint density at radius 2 is 2.08 bits per heavy atom. The molecule has 1 aliphatic rings. The van der Waals surface area contributed by atoms with Crippen LogP contribution in [0.2, 0.25) is 5.02 Å². The highest BCUT2D eigenvalue weighted by Crippen LogP contribution is 2.31. The van der Waals surface area contributed by atoms with Gasteiger partial charge in [-0.15, -0.1) is 0 Å². The van der Waals surface area contributed by atoms with Crippen LogP contribution in [0.5, 0.6) is 0 Å². The number of carbonyl (C=O) groups is 2. The summed E-state index contributed by atoms with van der Waals surface area (Å²) < 4.78 is 5.94. The number of amides is 2. The molecule has 0 radical (unpaired) electrons. The van der Waals surface area contributed by atoms with Gasteiger partial charge in [-0.3, -0.25) is 9.59 Å². The molecule has 2 aromatic rings. The molecule has 1 N–H and O–H groups in total. The summed E-state index contributed by atoms with van der Waals surface area (Å²) in [4.78, 5) is 29.7. The van der Waals surface area contributed by atoms with Crippen molar-refractivity contribution in [2.75, 3.05) is 13.1 Å². The molecule has 6 nitrogen and oxygen atoms in total. The van der Waals surface area contributed by atoms with E-state index in [-0.39, 0.29) is 24.4 Å². The van der Waals surface area contributed by atoms with Gasteiger partial charge in [-0.05, 0) is 37.0 Å². The van der Waals surface area contributed by atoms with Gasteiger partial charge in [0.2, 0.25) is 17.7 Å². The van der Waals surface area contributed by atoms with E-state index in [2.05, 4.69) is 10.3 Å². The number of nitrogens with one attached hydrogen (secondary N) is 1. The van der Waals surface area contributed by atoms with Crippen LogP contribution in [-0.2, 0) is 16.0 Å². The highest BCUT2D eigenvalue weighted by Gasteiger charge is 2.31. The molecule has 0 aliphatic carbocycles. The number of aromatic nitrogens is 1. The van der Waals surface area contributed by atoms with E-state index >= 15 is 0 Å². The average Bonchev–Trinajstić information content (AvgIpc) is 3.10. The fourth-order valence-corrected chi connectivity index (χ4v) is 3.28. The van der Waals surface area contributed by atoms with Gasteiger partial charge in [-0.1, -0.05) is 23.7 Å². The van der Waals surface area contributed by atoms with Crippen molar-refractivity contribution in [1.29, 1.82) is 0 Å². The maximum atomic E-state index is 12.4. The summed E-state index contributed by atoms with van der Waals surface area (Å²) in [6.07, 6.45) is 5.11. The first-order valence-electron chi connectivity index (χ1n) is 8.76. The van der Waals surface area contributed by atoms with Crippen LogP contribution < -0.4 is 5.32 Å². The normalized spacial score (nSPS) is 17.2. The Kier molecular flexibility index (Phi) is 5.93. The maximum Gasteiger partial charge on any atom is 0.242 e. The molecule has 1 aromatic heterocycles. The quantitative estimate of drug-likeness (QED) is 0.871. The lowest BCUT2D eigenvalue weighted by Crippen LogP contribution is -2.44. The van der Waals surface area contributed by atoms with Gasteiger partial charge in [0.1, 0.15) is 11.8 Å². The minimum Gasteiger partial charge on any atom is -0.443 e. The number of likely N-dealkylation sites (tertiary alicyclic amines) is 1. The number of piperidine rings is 1. The Balaban J connectivity index is 1.70. The van der Waals surface area contributed by atoms with E-state index in [0.29, 0.717) is 23.9 Å². The zero-order valence-electron chi connectivity index (χ0n) is 14.7. The van der Waals surface area contributed by atoms with Crippen LogP contribution >= 0.6 is 11.6 Å². The topological polar surface area (TPSA) is 75.4 Å². The van der Waals surface area contributed by atoms with Crippen molar-refractivity contribution in [3.63, 3.8) is 0 Å². The molecule has 1 fully saturated rings. The largest absolute Gasteiger partial charge is 0.443 e. The minimum absolute atomic E-state index is 0.00414. The predicted octanol–water partition coefficient (Wildman–Crippen LogP) is 3.11. The van der Waals surface area contributed by atoms with Crippen molar-refractivity contribution in [2.24, 2.45) is 0 Å². The summed E-state index contributed by atoms with van der Waals surface area (Å²) in [6, 6.07) is 7.42. The number of nitrogens with zero attached hydrogens (tertiary/aromatic N) is 2. The number of oxazole rings is 1. The van der Waals surface area contributed by atoms with Gasteiger partial charge in [0, 0.05) is 24.9 Å². The molecule has 2 amide bonds. The van der Waals surface area contributed by atoms with E-state index < -0.39 is 0 Å². The van der Waals surface area contributed by atoms with Gasteiger partial charge >= 0.3 is 0 Å². The summed E-state index contributed by atoms with van der Waals surface area (Å²) in [5.41, 5.74) is 1.08. The molecule has 0 spiro atoms. The highest BCUT2D eigenvalue weighted by molar-refractivity contribution is 6.30. The molecule has 0 unspecified atom stereocenters. The van der Waals surface area contributed by atoms with Gasteiger partial charge in [-0.25, -0.2) is 4.98 Å². The smallest absolute Gasteiger partial charge is 0.242 e. The van der Waals surface area contributed by atoms with Gasteiger partial charge in [0.25, 0.3) is 0 Å². The van der Waals surface area contributed by atoms with Crippen LogP contribution in [0.1, 0.15) is 49.4 Å². The third-order valence-electron chi connectivity index (χ3n) is 4.46. The van der Waals surface area contributed by atoms with E-state index in [1.54, 1.807) is 11.1 Å². The summed E-state index contributed by atoms with van der Waals surface area (Å²) >= 11 is 5.91. The van der Waals surface area contributed by atoms with E-state index in [4.69, 9.17) is 16.0 Å². The third-order valence-corrected chi connectivity index (χ3v) is 4.71. The van der Waals surface area contributed by atoms with Crippen LogP contribution in [0, 0.1) is 0 Å². The van der Waals surface area contributed by atoms with E-state index in [1.807, 2.05) is 24.3 Å². The number of hydrogen-bond donors (Lipinski definition) is 1. The number of halogens is 1. The van der Waals surface area contributed by atoms with Gasteiger partial charge < -0.3 is 14.6 Å².